The van der Waals surface area contributed by atoms with Gasteiger partial charge in [0.2, 0.25) is 0 Å². The maximum Gasteiger partial charge on any atom is 0.331 e. The summed E-state index contributed by atoms with van der Waals surface area (Å²) in [5.74, 6) is -0.534. The van der Waals surface area contributed by atoms with Crippen molar-refractivity contribution >= 4 is 22.6 Å². The minimum atomic E-state index is -0.474. The van der Waals surface area contributed by atoms with Crippen molar-refractivity contribution in [2.75, 3.05) is 0 Å². The van der Waals surface area contributed by atoms with Crippen LogP contribution in [0.4, 0.5) is 4.39 Å². The Labute approximate surface area is 111 Å². The van der Waals surface area contributed by atoms with Crippen molar-refractivity contribution in [2.24, 2.45) is 0 Å². The third-order valence-corrected chi connectivity index (χ3v) is 3.06. The van der Waals surface area contributed by atoms with Crippen LogP contribution in [0.3, 0.4) is 0 Å². The topological polar surface area (TPSA) is 58.0 Å². The maximum atomic E-state index is 13.1. The van der Waals surface area contributed by atoms with Crippen LogP contribution in [0.2, 0.25) is 5.02 Å². The van der Waals surface area contributed by atoms with Crippen LogP contribution >= 0.6 is 11.6 Å². The number of benzene rings is 2. The van der Waals surface area contributed by atoms with E-state index in [0.717, 1.165) is 0 Å². The largest absolute Gasteiger partial charge is 0.506 e. The van der Waals surface area contributed by atoms with E-state index < -0.39 is 11.5 Å². The van der Waals surface area contributed by atoms with Gasteiger partial charge >= 0.3 is 5.69 Å². The van der Waals surface area contributed by atoms with Crippen LogP contribution in [-0.4, -0.2) is 14.7 Å². The number of nitrogens with one attached hydrogen (secondary N) is 1. The molecule has 0 aliphatic carbocycles. The molecule has 0 aliphatic rings. The molecule has 0 saturated carbocycles. The Kier molecular flexibility index (Phi) is 2.57. The molecule has 0 fully saturated rings. The number of imidazole rings is 1. The molecule has 0 radical (unpaired) electrons. The van der Waals surface area contributed by atoms with Gasteiger partial charge in [-0.3, -0.25) is 4.57 Å². The van der Waals surface area contributed by atoms with Crippen molar-refractivity contribution in [3.05, 3.63) is 57.7 Å². The van der Waals surface area contributed by atoms with E-state index in [1.165, 1.54) is 41.0 Å². The number of hydrogen-bond donors (Lipinski definition) is 2. The molecule has 1 aromatic heterocycles. The summed E-state index contributed by atoms with van der Waals surface area (Å²) in [5.41, 5.74) is 0.585. The van der Waals surface area contributed by atoms with E-state index in [-0.39, 0.29) is 11.4 Å². The highest BCUT2D eigenvalue weighted by molar-refractivity contribution is 6.30. The Hall–Kier alpha value is -2.27. The number of nitrogens with zero attached hydrogens (tertiary/aromatic N) is 1. The molecule has 19 heavy (non-hydrogen) atoms. The first kappa shape index (κ1) is 11.8. The van der Waals surface area contributed by atoms with E-state index in [0.29, 0.717) is 16.1 Å². The Morgan fingerprint density at radius 2 is 2.00 bits per heavy atom. The number of aromatic nitrogens is 2. The van der Waals surface area contributed by atoms with Gasteiger partial charge in [-0.2, -0.15) is 0 Å². The summed E-state index contributed by atoms with van der Waals surface area (Å²) in [6.07, 6.45) is 0. The van der Waals surface area contributed by atoms with Crippen molar-refractivity contribution in [3.8, 4) is 11.4 Å². The molecule has 6 heteroatoms. The summed E-state index contributed by atoms with van der Waals surface area (Å²) in [6.45, 7) is 0. The molecule has 0 spiro atoms. The third kappa shape index (κ3) is 1.88. The first-order valence-corrected chi connectivity index (χ1v) is 5.83. The number of halogens is 2. The van der Waals surface area contributed by atoms with Crippen LogP contribution in [-0.2, 0) is 0 Å². The molecule has 0 amide bonds. The number of aromatic hydroxyl groups is 1. The zero-order valence-corrected chi connectivity index (χ0v) is 10.3. The van der Waals surface area contributed by atoms with E-state index in [2.05, 4.69) is 4.98 Å². The molecule has 3 rings (SSSR count). The lowest BCUT2D eigenvalue weighted by atomic mass is 10.2. The lowest BCUT2D eigenvalue weighted by Gasteiger charge is -2.06. The predicted molar refractivity (Wildman–Crippen MR) is 70.5 cm³/mol. The minimum Gasteiger partial charge on any atom is -0.506 e. The molecule has 1 heterocycles. The van der Waals surface area contributed by atoms with Gasteiger partial charge in [0, 0.05) is 5.02 Å². The summed E-state index contributed by atoms with van der Waals surface area (Å²) in [6, 6.07) is 8.30. The Morgan fingerprint density at radius 1 is 1.21 bits per heavy atom. The van der Waals surface area contributed by atoms with Crippen LogP contribution in [0, 0.1) is 5.82 Å². The van der Waals surface area contributed by atoms with Crippen LogP contribution in [0.1, 0.15) is 0 Å². The van der Waals surface area contributed by atoms with Crippen molar-refractivity contribution in [1.29, 1.82) is 0 Å². The highest BCUT2D eigenvalue weighted by Gasteiger charge is 2.13. The van der Waals surface area contributed by atoms with E-state index in [1.807, 2.05) is 0 Å². The first-order valence-electron chi connectivity index (χ1n) is 5.45. The van der Waals surface area contributed by atoms with Gasteiger partial charge in [0.1, 0.15) is 11.6 Å². The Morgan fingerprint density at radius 3 is 2.79 bits per heavy atom. The van der Waals surface area contributed by atoms with E-state index in [4.69, 9.17) is 11.6 Å². The summed E-state index contributed by atoms with van der Waals surface area (Å²) in [4.78, 5) is 14.5. The molecular formula is C13H8ClFN2O2. The first-order chi connectivity index (χ1) is 9.06. The fraction of sp³-hybridized carbons (Fsp3) is 0. The number of fused-ring (bicyclic) bond motifs is 1. The molecule has 2 aromatic carbocycles. The zero-order valence-electron chi connectivity index (χ0n) is 9.52. The highest BCUT2D eigenvalue weighted by atomic mass is 35.5. The van der Waals surface area contributed by atoms with Gasteiger partial charge < -0.3 is 10.1 Å². The highest BCUT2D eigenvalue weighted by Crippen LogP contribution is 2.27. The summed E-state index contributed by atoms with van der Waals surface area (Å²) < 4.78 is 14.4. The van der Waals surface area contributed by atoms with Crippen LogP contribution in [0.15, 0.2) is 41.2 Å². The second-order valence-electron chi connectivity index (χ2n) is 4.06. The van der Waals surface area contributed by atoms with Gasteiger partial charge in [-0.25, -0.2) is 9.18 Å². The quantitative estimate of drug-likeness (QED) is 0.719. The molecular weight excluding hydrogens is 271 g/mol. The zero-order chi connectivity index (χ0) is 13.6. The molecule has 0 saturated heterocycles. The molecule has 0 unspecified atom stereocenters. The number of phenolic OH excluding ortho intramolecular Hbond substituents is 1. The fourth-order valence-corrected chi connectivity index (χ4v) is 2.17. The van der Waals surface area contributed by atoms with Crippen LogP contribution < -0.4 is 5.69 Å². The van der Waals surface area contributed by atoms with Crippen molar-refractivity contribution in [2.45, 2.75) is 0 Å². The summed E-state index contributed by atoms with van der Waals surface area (Å²) in [7, 11) is 0. The Bertz CT molecular complexity index is 838. The fourth-order valence-electron chi connectivity index (χ4n) is 2.00. The summed E-state index contributed by atoms with van der Waals surface area (Å²) in [5, 5.41) is 10.2. The van der Waals surface area contributed by atoms with Gasteiger partial charge in [-0.05, 0) is 36.4 Å². The molecule has 4 nitrogen and oxygen atoms in total. The number of H-pyrrole nitrogens is 1. The van der Waals surface area contributed by atoms with Gasteiger partial charge in [-0.15, -0.1) is 0 Å². The molecule has 0 aliphatic heterocycles. The average Bonchev–Trinajstić information content (AvgIpc) is 2.67. The minimum absolute atomic E-state index is 0.0864. The smallest absolute Gasteiger partial charge is 0.331 e. The normalized spacial score (nSPS) is 11.1. The van der Waals surface area contributed by atoms with Crippen LogP contribution in [0.5, 0.6) is 5.75 Å². The molecule has 2 N–H and O–H groups in total. The number of aromatic amines is 1. The Balaban J connectivity index is 2.39. The van der Waals surface area contributed by atoms with Gasteiger partial charge in [0.05, 0.1) is 16.7 Å². The van der Waals surface area contributed by atoms with Crippen LogP contribution in [0.25, 0.3) is 16.7 Å². The number of hydrogen-bond acceptors (Lipinski definition) is 2. The standard InChI is InChI=1S/C13H8ClFN2O2/c14-7-1-4-12(18)11(5-7)17-10-3-2-8(15)6-9(10)16-13(17)19/h1-6,18H,(H,16,19). The lowest BCUT2D eigenvalue weighted by Crippen LogP contribution is -2.14. The van der Waals surface area contributed by atoms with Crippen molar-refractivity contribution < 1.29 is 9.50 Å². The number of phenols is 1. The lowest BCUT2D eigenvalue weighted by molar-refractivity contribution is 0.472. The average molecular weight is 279 g/mol. The summed E-state index contributed by atoms with van der Waals surface area (Å²) >= 11 is 5.87. The SMILES string of the molecule is O=c1[nH]c2cc(F)ccc2n1-c1cc(Cl)ccc1O. The van der Waals surface area contributed by atoms with E-state index in [1.54, 1.807) is 0 Å². The van der Waals surface area contributed by atoms with Gasteiger partial charge in [-0.1, -0.05) is 11.6 Å². The van der Waals surface area contributed by atoms with E-state index >= 15 is 0 Å². The number of rotatable bonds is 1. The second-order valence-corrected chi connectivity index (χ2v) is 4.50. The third-order valence-electron chi connectivity index (χ3n) is 2.82. The molecule has 96 valence electrons. The van der Waals surface area contributed by atoms with E-state index in [9.17, 15) is 14.3 Å². The second kappa shape index (κ2) is 4.13. The van der Waals surface area contributed by atoms with Gasteiger partial charge in [0.15, 0.2) is 0 Å². The van der Waals surface area contributed by atoms with Gasteiger partial charge in [0.25, 0.3) is 0 Å². The molecule has 0 bridgehead atoms. The maximum absolute atomic E-state index is 13.1. The molecule has 3 aromatic rings. The predicted octanol–water partition coefficient (Wildman–Crippen LogP) is 2.82. The monoisotopic (exact) mass is 278 g/mol. The molecule has 0 atom stereocenters. The van der Waals surface area contributed by atoms with Crippen molar-refractivity contribution in [1.82, 2.24) is 9.55 Å². The van der Waals surface area contributed by atoms with Crippen molar-refractivity contribution in [3.63, 3.8) is 0 Å².